The standard InChI is InChI=1S/C9H6ClIO/c1-2-5-12-9-6-7(11)3-4-8(9)10/h1,3-4,6H,5H2. The molecule has 3 heteroatoms. The van der Waals surface area contributed by atoms with E-state index in [2.05, 4.69) is 28.5 Å². The highest BCUT2D eigenvalue weighted by Gasteiger charge is 2.00. The van der Waals surface area contributed by atoms with Crippen LogP contribution in [-0.2, 0) is 0 Å². The van der Waals surface area contributed by atoms with Gasteiger partial charge in [-0.1, -0.05) is 17.5 Å². The van der Waals surface area contributed by atoms with Gasteiger partial charge in [-0.2, -0.15) is 0 Å². The topological polar surface area (TPSA) is 9.23 Å². The highest BCUT2D eigenvalue weighted by molar-refractivity contribution is 14.1. The summed E-state index contributed by atoms with van der Waals surface area (Å²) in [6.45, 7) is 0.250. The van der Waals surface area contributed by atoms with E-state index >= 15 is 0 Å². The summed E-state index contributed by atoms with van der Waals surface area (Å²) < 4.78 is 6.27. The fraction of sp³-hybridized carbons (Fsp3) is 0.111. The molecule has 0 N–H and O–H groups in total. The van der Waals surface area contributed by atoms with Crippen molar-refractivity contribution in [1.29, 1.82) is 0 Å². The van der Waals surface area contributed by atoms with Crippen molar-refractivity contribution < 1.29 is 4.74 Å². The van der Waals surface area contributed by atoms with Gasteiger partial charge in [0.25, 0.3) is 0 Å². The number of hydrogen-bond donors (Lipinski definition) is 0. The lowest BCUT2D eigenvalue weighted by Crippen LogP contribution is -1.94. The molecule has 0 spiro atoms. The normalized spacial score (nSPS) is 9.08. The lowest BCUT2D eigenvalue weighted by molar-refractivity contribution is 0.370. The van der Waals surface area contributed by atoms with Crippen molar-refractivity contribution in [3.8, 4) is 18.1 Å². The van der Waals surface area contributed by atoms with E-state index in [1.165, 1.54) is 0 Å². The number of terminal acetylenes is 1. The third-order valence-electron chi connectivity index (χ3n) is 1.20. The quantitative estimate of drug-likeness (QED) is 0.601. The van der Waals surface area contributed by atoms with Crippen molar-refractivity contribution in [3.05, 3.63) is 26.8 Å². The number of halogens is 2. The van der Waals surface area contributed by atoms with Gasteiger partial charge in [-0.05, 0) is 40.8 Å². The summed E-state index contributed by atoms with van der Waals surface area (Å²) in [5.41, 5.74) is 0. The summed E-state index contributed by atoms with van der Waals surface area (Å²) in [4.78, 5) is 0. The van der Waals surface area contributed by atoms with Crippen LogP contribution in [0.15, 0.2) is 18.2 Å². The Balaban J connectivity index is 2.84. The van der Waals surface area contributed by atoms with Crippen molar-refractivity contribution in [3.63, 3.8) is 0 Å². The Morgan fingerprint density at radius 2 is 2.33 bits per heavy atom. The van der Waals surface area contributed by atoms with Crippen LogP contribution in [0.5, 0.6) is 5.75 Å². The van der Waals surface area contributed by atoms with Gasteiger partial charge in [0.15, 0.2) is 0 Å². The number of hydrogen-bond acceptors (Lipinski definition) is 1. The van der Waals surface area contributed by atoms with Gasteiger partial charge in [0.05, 0.1) is 5.02 Å². The third-order valence-corrected chi connectivity index (χ3v) is 2.19. The molecular weight excluding hydrogens is 286 g/mol. The molecule has 0 heterocycles. The highest BCUT2D eigenvalue weighted by Crippen LogP contribution is 2.25. The van der Waals surface area contributed by atoms with Gasteiger partial charge in [0.1, 0.15) is 12.4 Å². The first-order valence-electron chi connectivity index (χ1n) is 3.25. The summed E-state index contributed by atoms with van der Waals surface area (Å²) >= 11 is 8.02. The van der Waals surface area contributed by atoms with E-state index in [9.17, 15) is 0 Å². The van der Waals surface area contributed by atoms with Crippen LogP contribution >= 0.6 is 34.2 Å². The minimum absolute atomic E-state index is 0.250. The van der Waals surface area contributed by atoms with Crippen molar-refractivity contribution in [2.45, 2.75) is 0 Å². The van der Waals surface area contributed by atoms with Gasteiger partial charge in [-0.3, -0.25) is 0 Å². The monoisotopic (exact) mass is 292 g/mol. The number of ether oxygens (including phenoxy) is 1. The Hall–Kier alpha value is -0.400. The maximum Gasteiger partial charge on any atom is 0.148 e. The van der Waals surface area contributed by atoms with Crippen LogP contribution in [0.25, 0.3) is 0 Å². The molecule has 0 saturated carbocycles. The van der Waals surface area contributed by atoms with E-state index in [4.69, 9.17) is 22.8 Å². The largest absolute Gasteiger partial charge is 0.479 e. The van der Waals surface area contributed by atoms with Crippen molar-refractivity contribution in [2.24, 2.45) is 0 Å². The molecule has 0 aliphatic rings. The predicted molar refractivity (Wildman–Crippen MR) is 58.5 cm³/mol. The maximum absolute atomic E-state index is 5.84. The molecule has 0 saturated heterocycles. The van der Waals surface area contributed by atoms with Gasteiger partial charge >= 0.3 is 0 Å². The molecule has 0 radical (unpaired) electrons. The van der Waals surface area contributed by atoms with E-state index in [-0.39, 0.29) is 6.61 Å². The molecule has 0 unspecified atom stereocenters. The van der Waals surface area contributed by atoms with Crippen LogP contribution in [-0.4, -0.2) is 6.61 Å². The fourth-order valence-corrected chi connectivity index (χ4v) is 1.34. The first-order chi connectivity index (χ1) is 5.74. The zero-order valence-electron chi connectivity index (χ0n) is 6.18. The van der Waals surface area contributed by atoms with Crippen molar-refractivity contribution in [1.82, 2.24) is 0 Å². The summed E-state index contributed by atoms with van der Waals surface area (Å²) in [6.07, 6.45) is 5.04. The Labute approximate surface area is 90.2 Å². The molecule has 0 atom stereocenters. The second-order valence-corrected chi connectivity index (χ2v) is 3.72. The molecule has 1 rings (SSSR count). The van der Waals surface area contributed by atoms with E-state index in [1.54, 1.807) is 6.07 Å². The first kappa shape index (κ1) is 9.69. The van der Waals surface area contributed by atoms with Crippen LogP contribution in [0.3, 0.4) is 0 Å². The summed E-state index contributed by atoms with van der Waals surface area (Å²) in [7, 11) is 0. The molecule has 12 heavy (non-hydrogen) atoms. The van der Waals surface area contributed by atoms with Crippen LogP contribution in [0.4, 0.5) is 0 Å². The van der Waals surface area contributed by atoms with E-state index in [1.807, 2.05) is 12.1 Å². The van der Waals surface area contributed by atoms with Crippen LogP contribution in [0.2, 0.25) is 5.02 Å². The molecule has 1 aromatic carbocycles. The lowest BCUT2D eigenvalue weighted by atomic mass is 10.3. The smallest absolute Gasteiger partial charge is 0.148 e. The minimum Gasteiger partial charge on any atom is -0.479 e. The van der Waals surface area contributed by atoms with E-state index in [0.29, 0.717) is 10.8 Å². The number of rotatable bonds is 2. The second-order valence-electron chi connectivity index (χ2n) is 2.07. The molecule has 0 bridgehead atoms. The molecular formula is C9H6ClIO. The minimum atomic E-state index is 0.250. The van der Waals surface area contributed by atoms with Crippen molar-refractivity contribution in [2.75, 3.05) is 6.61 Å². The number of benzene rings is 1. The van der Waals surface area contributed by atoms with Gasteiger partial charge in [0.2, 0.25) is 0 Å². The SMILES string of the molecule is C#CCOc1cc(I)ccc1Cl. The first-order valence-corrected chi connectivity index (χ1v) is 4.71. The van der Waals surface area contributed by atoms with E-state index in [0.717, 1.165) is 3.57 Å². The third kappa shape index (κ3) is 2.58. The molecule has 1 nitrogen and oxygen atoms in total. The van der Waals surface area contributed by atoms with Gasteiger partial charge in [-0.25, -0.2) is 0 Å². The molecule has 1 aromatic rings. The summed E-state index contributed by atoms with van der Waals surface area (Å²) in [5.74, 6) is 3.02. The van der Waals surface area contributed by atoms with E-state index < -0.39 is 0 Å². The summed E-state index contributed by atoms with van der Waals surface area (Å²) in [5, 5.41) is 0.589. The second kappa shape index (κ2) is 4.58. The van der Waals surface area contributed by atoms with Crippen LogP contribution in [0, 0.1) is 15.9 Å². The zero-order valence-corrected chi connectivity index (χ0v) is 9.09. The van der Waals surface area contributed by atoms with Gasteiger partial charge in [-0.15, -0.1) is 6.42 Å². The average molecular weight is 293 g/mol. The molecule has 0 aliphatic heterocycles. The maximum atomic E-state index is 5.84. The van der Waals surface area contributed by atoms with Crippen molar-refractivity contribution >= 4 is 34.2 Å². The van der Waals surface area contributed by atoms with Crippen LogP contribution < -0.4 is 4.74 Å². The Morgan fingerprint density at radius 1 is 1.58 bits per heavy atom. The van der Waals surface area contributed by atoms with Crippen LogP contribution in [0.1, 0.15) is 0 Å². The highest BCUT2D eigenvalue weighted by atomic mass is 127. The fourth-order valence-electron chi connectivity index (χ4n) is 0.707. The van der Waals surface area contributed by atoms with Gasteiger partial charge in [0, 0.05) is 3.57 Å². The molecule has 0 fully saturated rings. The predicted octanol–water partition coefficient (Wildman–Crippen LogP) is 2.96. The summed E-state index contributed by atoms with van der Waals surface area (Å²) in [6, 6.07) is 5.54. The Kier molecular flexibility index (Phi) is 3.70. The molecule has 0 aromatic heterocycles. The molecule has 0 amide bonds. The zero-order chi connectivity index (χ0) is 8.97. The Morgan fingerprint density at radius 3 is 3.00 bits per heavy atom. The Bertz CT molecular complexity index is 317. The lowest BCUT2D eigenvalue weighted by Gasteiger charge is -2.04. The molecule has 0 aliphatic carbocycles. The van der Waals surface area contributed by atoms with Gasteiger partial charge < -0.3 is 4.74 Å². The molecule has 62 valence electrons. The average Bonchev–Trinajstić information content (AvgIpc) is 2.07.